The van der Waals surface area contributed by atoms with Crippen LogP contribution in [0.15, 0.2) is 140 Å². The summed E-state index contributed by atoms with van der Waals surface area (Å²) in [6.07, 6.45) is 1.88. The Morgan fingerprint density at radius 2 is 1.19 bits per heavy atom. The fraction of sp³-hybridized carbons (Fsp3) is 0.323. The number of para-hydroxylation sites is 1. The van der Waals surface area contributed by atoms with Gasteiger partial charge in [0, 0.05) is 47.9 Å². The topological polar surface area (TPSA) is 335 Å². The smallest absolute Gasteiger partial charge is 0.244 e. The number of fused-ring (bicyclic) bond motifs is 3. The summed E-state index contributed by atoms with van der Waals surface area (Å²) in [6.45, 7) is 3.52. The number of aromatic amines is 1. The third-order valence-corrected chi connectivity index (χ3v) is 17.1. The molecule has 2 heterocycles. The highest BCUT2D eigenvalue weighted by Crippen LogP contribution is 2.26. The van der Waals surface area contributed by atoms with Gasteiger partial charge in [-0.25, -0.2) is 0 Å². The molecular formula is C62H71N11O9S2. The van der Waals surface area contributed by atoms with Crippen molar-refractivity contribution in [2.45, 2.75) is 101 Å². The minimum atomic E-state index is -1.41. The third-order valence-electron chi connectivity index (χ3n) is 14.7. The van der Waals surface area contributed by atoms with Gasteiger partial charge in [0.25, 0.3) is 0 Å². The number of H-pyrrole nitrogens is 1. The highest BCUT2D eigenvalue weighted by Gasteiger charge is 2.36. The van der Waals surface area contributed by atoms with Gasteiger partial charge in [0.1, 0.15) is 48.0 Å². The Hall–Kier alpha value is -8.44. The molecule has 15 N–H and O–H groups in total. The van der Waals surface area contributed by atoms with Crippen LogP contribution < -0.4 is 54.4 Å². The van der Waals surface area contributed by atoms with E-state index in [2.05, 4.69) is 42.2 Å². The van der Waals surface area contributed by atoms with E-state index in [4.69, 9.17) is 17.2 Å². The van der Waals surface area contributed by atoms with Crippen molar-refractivity contribution < 1.29 is 43.5 Å². The number of carbonyl (C=O) groups is 8. The van der Waals surface area contributed by atoms with Gasteiger partial charge in [-0.3, -0.25) is 38.4 Å². The maximum atomic E-state index is 14.9. The van der Waals surface area contributed by atoms with Crippen LogP contribution in [0.4, 0.5) is 0 Å². The van der Waals surface area contributed by atoms with Crippen LogP contribution in [0.25, 0.3) is 32.4 Å². The Bertz CT molecular complexity index is 3510. The second-order valence-electron chi connectivity index (χ2n) is 21.3. The molecule has 0 spiro atoms. The molecule has 1 fully saturated rings. The number of phenolic OH excluding ortho intramolecular Hbond substituents is 1. The predicted molar refractivity (Wildman–Crippen MR) is 328 cm³/mol. The van der Waals surface area contributed by atoms with E-state index in [-0.39, 0.29) is 62.3 Å². The van der Waals surface area contributed by atoms with Gasteiger partial charge in [-0.05, 0) is 93.7 Å². The number of nitrogens with one attached hydrogen (secondary N) is 8. The Morgan fingerprint density at radius 1 is 0.631 bits per heavy atom. The maximum absolute atomic E-state index is 14.9. The number of rotatable bonds is 17. The van der Waals surface area contributed by atoms with Crippen LogP contribution in [0.1, 0.15) is 48.9 Å². The molecule has 1 saturated heterocycles. The van der Waals surface area contributed by atoms with Gasteiger partial charge >= 0.3 is 0 Å². The van der Waals surface area contributed by atoms with Gasteiger partial charge < -0.3 is 64.5 Å². The van der Waals surface area contributed by atoms with Crippen LogP contribution in [0.2, 0.25) is 0 Å². The Kier molecular flexibility index (Phi) is 21.4. The fourth-order valence-corrected chi connectivity index (χ4v) is 12.3. The number of aromatic nitrogens is 1. The monoisotopic (exact) mass is 1180 g/mol. The van der Waals surface area contributed by atoms with Crippen LogP contribution in [0, 0.1) is 5.92 Å². The van der Waals surface area contributed by atoms with Gasteiger partial charge in [0.2, 0.25) is 47.3 Å². The fourth-order valence-electron chi connectivity index (χ4n) is 9.95. The van der Waals surface area contributed by atoms with Crippen LogP contribution in [-0.4, -0.2) is 124 Å². The summed E-state index contributed by atoms with van der Waals surface area (Å²) in [5.41, 5.74) is 21.8. The second-order valence-corrected chi connectivity index (χ2v) is 23.9. The molecule has 0 unspecified atom stereocenters. The molecule has 1 aliphatic rings. The number of phenols is 1. The van der Waals surface area contributed by atoms with E-state index in [1.807, 2.05) is 109 Å². The molecule has 8 rings (SSSR count). The van der Waals surface area contributed by atoms with E-state index in [0.717, 1.165) is 59.6 Å². The summed E-state index contributed by atoms with van der Waals surface area (Å²) < 4.78 is 0. The van der Waals surface area contributed by atoms with Crippen molar-refractivity contribution in [2.24, 2.45) is 23.1 Å². The van der Waals surface area contributed by atoms with Crippen molar-refractivity contribution in [2.75, 3.05) is 18.1 Å². The van der Waals surface area contributed by atoms with E-state index in [1.54, 1.807) is 32.2 Å². The molecule has 7 aromatic rings. The van der Waals surface area contributed by atoms with Crippen LogP contribution in [0.5, 0.6) is 5.75 Å². The molecule has 84 heavy (non-hydrogen) atoms. The molecule has 20 nitrogen and oxygen atoms in total. The van der Waals surface area contributed by atoms with E-state index in [0.29, 0.717) is 16.7 Å². The molecule has 440 valence electrons. The third kappa shape index (κ3) is 16.6. The lowest BCUT2D eigenvalue weighted by Gasteiger charge is -2.29. The summed E-state index contributed by atoms with van der Waals surface area (Å²) in [7, 11) is 2.13. The van der Waals surface area contributed by atoms with E-state index in [1.165, 1.54) is 12.1 Å². The van der Waals surface area contributed by atoms with E-state index in [9.17, 15) is 43.5 Å². The number of hydrogen-bond donors (Lipinski definition) is 12. The number of carbonyl (C=O) groups excluding carboxylic acids is 8. The number of benzene rings is 6. The molecule has 0 saturated carbocycles. The Labute approximate surface area is 494 Å². The molecular weight excluding hydrogens is 1110 g/mol. The zero-order chi connectivity index (χ0) is 59.9. The normalized spacial score (nSPS) is 20.4. The van der Waals surface area contributed by atoms with Crippen molar-refractivity contribution in [3.8, 4) is 5.75 Å². The molecule has 22 heteroatoms. The lowest BCUT2D eigenvalue weighted by molar-refractivity contribution is -0.136. The lowest BCUT2D eigenvalue weighted by Crippen LogP contribution is -2.61. The van der Waals surface area contributed by atoms with Gasteiger partial charge in [0.05, 0.1) is 6.04 Å². The highest BCUT2D eigenvalue weighted by atomic mass is 33.1. The van der Waals surface area contributed by atoms with Crippen molar-refractivity contribution >= 4 is 101 Å². The van der Waals surface area contributed by atoms with Crippen LogP contribution in [0.3, 0.4) is 0 Å². The molecule has 8 amide bonds. The molecule has 6 aromatic carbocycles. The van der Waals surface area contributed by atoms with Crippen LogP contribution >= 0.6 is 21.6 Å². The maximum Gasteiger partial charge on any atom is 0.244 e. The van der Waals surface area contributed by atoms with Gasteiger partial charge in [-0.1, -0.05) is 151 Å². The summed E-state index contributed by atoms with van der Waals surface area (Å²) in [6, 6.07) is 29.6. The number of aromatic hydroxyl groups is 1. The minimum Gasteiger partial charge on any atom is -0.508 e. The first-order chi connectivity index (χ1) is 40.4. The summed E-state index contributed by atoms with van der Waals surface area (Å²) in [4.78, 5) is 119. The summed E-state index contributed by atoms with van der Waals surface area (Å²) >= 11 is 0. The van der Waals surface area contributed by atoms with E-state index >= 15 is 0 Å². The van der Waals surface area contributed by atoms with Crippen LogP contribution in [-0.2, 0) is 64.0 Å². The molecule has 1 aliphatic heterocycles. The molecule has 0 radical (unpaired) electrons. The Morgan fingerprint density at radius 3 is 1.83 bits per heavy atom. The zero-order valence-corrected chi connectivity index (χ0v) is 48.2. The largest absolute Gasteiger partial charge is 0.508 e. The van der Waals surface area contributed by atoms with Crippen molar-refractivity contribution in [1.82, 2.24) is 42.2 Å². The van der Waals surface area contributed by atoms with Gasteiger partial charge in [0.15, 0.2) is 0 Å². The SMILES string of the molecule is CC(C)[C@@H]1NC(=O)[C@H](CCCN)NC(=O)[C@@H](Cc2c[nH]c3ccccc23)NC(=O)[C@H](Cc2ccc(O)cc2)NC(=O)[C@@H](NC(=O)[C@H](N)Cc2ccc3ccccc3c2)CSSC[C@@H](C(=O)N[C@H](Cc2ccc3ccccc3c2)C(N)=O)NC1=O. The zero-order valence-electron chi connectivity index (χ0n) is 46.6. The standard InChI is InChI=1S/C62H71N11O9S2/c1-35(2)54-62(82)72-53(60(80)68-49(55(65)75)30-38-18-22-40-11-4-6-13-42(40)27-38)34-84-83-33-52(71-56(76)46(64)28-37-17-21-39-10-3-5-12-41(39)26-37)61(81)69-50(29-36-19-23-44(74)24-20-36)58(78)70-51(31-43-32-66-47-15-8-7-14-45(43)47)59(79)67-48(16-9-25-63)57(77)73-54/h3-8,10-15,17-24,26-27,32,35,46,48-54,66,74H,9,16,25,28-31,33-34,63-64H2,1-2H3,(H2,65,75)(H,67,79)(H,68,80)(H,69,81)(H,70,78)(H,71,76)(H,72,82)(H,73,77)/t46-,48+,49-,50+,51-,52+,53+,54+/m1/s1. The molecule has 8 atom stereocenters. The summed E-state index contributed by atoms with van der Waals surface area (Å²) in [5.74, 6) is -7.15. The predicted octanol–water partition coefficient (Wildman–Crippen LogP) is 3.45. The first-order valence-electron chi connectivity index (χ1n) is 27.8. The average molecular weight is 1180 g/mol. The number of primary amides is 1. The minimum absolute atomic E-state index is 0.0168. The average Bonchev–Trinajstić information content (AvgIpc) is 4.10. The number of nitrogens with two attached hydrogens (primary N) is 3. The Balaban J connectivity index is 1.14. The molecule has 0 bridgehead atoms. The number of hydrogen-bond acceptors (Lipinski definition) is 13. The van der Waals surface area contributed by atoms with Crippen molar-refractivity contribution in [3.05, 3.63) is 162 Å². The second kappa shape index (κ2) is 29.2. The van der Waals surface area contributed by atoms with E-state index < -0.39 is 102 Å². The van der Waals surface area contributed by atoms with Crippen molar-refractivity contribution in [1.29, 1.82) is 0 Å². The first-order valence-corrected chi connectivity index (χ1v) is 30.3. The number of amides is 8. The van der Waals surface area contributed by atoms with Crippen molar-refractivity contribution in [3.63, 3.8) is 0 Å². The lowest BCUT2D eigenvalue weighted by atomic mass is 10.00. The first kappa shape index (κ1) is 61.6. The molecule has 1 aromatic heterocycles. The highest BCUT2D eigenvalue weighted by molar-refractivity contribution is 8.76. The van der Waals surface area contributed by atoms with Gasteiger partial charge in [-0.2, -0.15) is 0 Å². The van der Waals surface area contributed by atoms with Gasteiger partial charge in [-0.15, -0.1) is 0 Å². The molecule has 0 aliphatic carbocycles. The summed E-state index contributed by atoms with van der Waals surface area (Å²) in [5, 5.41) is 34.4. The quantitative estimate of drug-likeness (QED) is 0.0583.